The first-order valence-corrected chi connectivity index (χ1v) is 9.59. The Balaban J connectivity index is 1.81. The normalized spacial score (nSPS) is 21.8. The van der Waals surface area contributed by atoms with E-state index in [-0.39, 0.29) is 23.2 Å². The average Bonchev–Trinajstić information content (AvgIpc) is 2.69. The number of nitriles is 1. The van der Waals surface area contributed by atoms with Gasteiger partial charge in [0.25, 0.3) is 0 Å². The van der Waals surface area contributed by atoms with E-state index in [9.17, 15) is 10.1 Å². The van der Waals surface area contributed by atoms with E-state index in [2.05, 4.69) is 6.07 Å². The van der Waals surface area contributed by atoms with Gasteiger partial charge in [0.05, 0.1) is 16.0 Å². The molecule has 0 spiro atoms. The lowest BCUT2D eigenvalue weighted by Gasteiger charge is -2.34. The van der Waals surface area contributed by atoms with Gasteiger partial charge in [-0.15, -0.1) is 0 Å². The van der Waals surface area contributed by atoms with E-state index in [0.717, 1.165) is 5.56 Å². The van der Waals surface area contributed by atoms with Gasteiger partial charge in [-0.25, -0.2) is 0 Å². The second-order valence-corrected chi connectivity index (χ2v) is 7.69. The van der Waals surface area contributed by atoms with E-state index >= 15 is 0 Å². The maximum absolute atomic E-state index is 13.1. The molecule has 28 heavy (non-hydrogen) atoms. The first-order chi connectivity index (χ1) is 13.5. The van der Waals surface area contributed by atoms with Crippen LogP contribution in [0.15, 0.2) is 71.3 Å². The molecule has 0 aromatic heterocycles. The first kappa shape index (κ1) is 18.6. The summed E-state index contributed by atoms with van der Waals surface area (Å²) in [5.41, 5.74) is 8.51. The number of ketones is 1. The molecule has 1 aliphatic carbocycles. The van der Waals surface area contributed by atoms with Crippen molar-refractivity contribution in [3.8, 4) is 6.07 Å². The third kappa shape index (κ3) is 3.17. The van der Waals surface area contributed by atoms with Crippen LogP contribution in [0.4, 0.5) is 0 Å². The van der Waals surface area contributed by atoms with Crippen molar-refractivity contribution in [2.75, 3.05) is 0 Å². The summed E-state index contributed by atoms with van der Waals surface area (Å²) in [6.07, 6.45) is 0.894. The SMILES string of the molecule is N#CC1=C(N)OC2=C(C(=O)C[C@@H](c3ccccc3)C2)[C@H]1c1ccc(Cl)c(Cl)c1. The van der Waals surface area contributed by atoms with Crippen LogP contribution in [-0.2, 0) is 9.53 Å². The Hall–Kier alpha value is -2.74. The van der Waals surface area contributed by atoms with Crippen LogP contribution >= 0.6 is 23.2 Å². The second kappa shape index (κ2) is 7.35. The fourth-order valence-corrected chi connectivity index (χ4v) is 4.20. The van der Waals surface area contributed by atoms with Crippen molar-refractivity contribution in [1.82, 2.24) is 0 Å². The predicted molar refractivity (Wildman–Crippen MR) is 108 cm³/mol. The van der Waals surface area contributed by atoms with Crippen LogP contribution in [-0.4, -0.2) is 5.78 Å². The zero-order valence-corrected chi connectivity index (χ0v) is 16.3. The third-order valence-corrected chi connectivity index (χ3v) is 5.95. The first-order valence-electron chi connectivity index (χ1n) is 8.83. The second-order valence-electron chi connectivity index (χ2n) is 6.87. The molecule has 2 N–H and O–H groups in total. The number of allylic oxidation sites excluding steroid dienone is 3. The van der Waals surface area contributed by atoms with Gasteiger partial charge in [-0.3, -0.25) is 4.79 Å². The van der Waals surface area contributed by atoms with Crippen molar-refractivity contribution < 1.29 is 9.53 Å². The minimum absolute atomic E-state index is 0.0124. The highest BCUT2D eigenvalue weighted by molar-refractivity contribution is 6.42. The van der Waals surface area contributed by atoms with Crippen LogP contribution in [0.5, 0.6) is 0 Å². The zero-order valence-electron chi connectivity index (χ0n) is 14.8. The number of ether oxygens (including phenoxy) is 1. The van der Waals surface area contributed by atoms with E-state index in [4.69, 9.17) is 33.7 Å². The zero-order chi connectivity index (χ0) is 19.8. The number of carbonyl (C=O) groups is 1. The van der Waals surface area contributed by atoms with Gasteiger partial charge < -0.3 is 10.5 Å². The number of nitrogens with zero attached hydrogens (tertiary/aromatic N) is 1. The Morgan fingerprint density at radius 1 is 1.04 bits per heavy atom. The highest BCUT2D eigenvalue weighted by Gasteiger charge is 2.40. The molecule has 0 fully saturated rings. The van der Waals surface area contributed by atoms with E-state index in [0.29, 0.717) is 39.8 Å². The Labute approximate surface area is 172 Å². The van der Waals surface area contributed by atoms with Crippen molar-refractivity contribution >= 4 is 29.0 Å². The molecule has 2 aromatic rings. The summed E-state index contributed by atoms with van der Waals surface area (Å²) < 4.78 is 5.76. The molecular weight excluding hydrogens is 395 g/mol. The molecule has 0 unspecified atom stereocenters. The molecule has 2 aliphatic rings. The smallest absolute Gasteiger partial charge is 0.205 e. The van der Waals surface area contributed by atoms with Crippen LogP contribution < -0.4 is 5.73 Å². The number of rotatable bonds is 2. The Morgan fingerprint density at radius 3 is 2.46 bits per heavy atom. The molecule has 0 saturated heterocycles. The van der Waals surface area contributed by atoms with Gasteiger partial charge in [0, 0.05) is 18.4 Å². The molecule has 2 atom stereocenters. The largest absolute Gasteiger partial charge is 0.444 e. The number of halogens is 2. The minimum Gasteiger partial charge on any atom is -0.444 e. The molecule has 4 nitrogen and oxygen atoms in total. The number of hydrogen-bond donors (Lipinski definition) is 1. The molecule has 140 valence electrons. The Kier molecular flexibility index (Phi) is 4.89. The van der Waals surface area contributed by atoms with E-state index in [1.165, 1.54) is 0 Å². The molecule has 6 heteroatoms. The quantitative estimate of drug-likeness (QED) is 0.737. The standard InChI is InChI=1S/C22H16Cl2N2O2/c23-16-7-6-13(8-17(16)24)20-15(11-25)22(26)28-19-10-14(9-18(27)21(19)20)12-4-2-1-3-5-12/h1-8,14,20H,9-10,26H2/t14-,20+/m1/s1. The number of carbonyl (C=O) groups excluding carboxylic acids is 1. The maximum Gasteiger partial charge on any atom is 0.205 e. The summed E-state index contributed by atoms with van der Waals surface area (Å²) in [5.74, 6) is -0.0889. The van der Waals surface area contributed by atoms with Crippen molar-refractivity contribution in [2.45, 2.75) is 24.7 Å². The van der Waals surface area contributed by atoms with Crippen LogP contribution in [0.3, 0.4) is 0 Å². The monoisotopic (exact) mass is 410 g/mol. The molecule has 0 amide bonds. The van der Waals surface area contributed by atoms with Crippen LogP contribution in [0.2, 0.25) is 10.0 Å². The van der Waals surface area contributed by atoms with E-state index in [1.807, 2.05) is 30.3 Å². The van der Waals surface area contributed by atoms with Gasteiger partial charge in [-0.05, 0) is 29.2 Å². The topological polar surface area (TPSA) is 76.1 Å². The Morgan fingerprint density at radius 2 is 1.79 bits per heavy atom. The fraction of sp³-hybridized carbons (Fsp3) is 0.182. The van der Waals surface area contributed by atoms with E-state index in [1.54, 1.807) is 18.2 Å². The predicted octanol–water partition coefficient (Wildman–Crippen LogP) is 5.20. The summed E-state index contributed by atoms with van der Waals surface area (Å²) in [4.78, 5) is 13.1. The number of hydrogen-bond acceptors (Lipinski definition) is 4. The molecule has 0 bridgehead atoms. The molecule has 0 saturated carbocycles. The lowest BCUT2D eigenvalue weighted by Crippen LogP contribution is -2.29. The molecule has 2 aromatic carbocycles. The summed E-state index contributed by atoms with van der Waals surface area (Å²) in [5, 5.41) is 10.4. The third-order valence-electron chi connectivity index (χ3n) is 5.21. The molecule has 0 radical (unpaired) electrons. The summed E-state index contributed by atoms with van der Waals surface area (Å²) in [7, 11) is 0. The van der Waals surface area contributed by atoms with Gasteiger partial charge in [0.15, 0.2) is 5.78 Å². The molecule has 1 heterocycles. The van der Waals surface area contributed by atoms with Crippen LogP contribution in [0.25, 0.3) is 0 Å². The van der Waals surface area contributed by atoms with Gasteiger partial charge >= 0.3 is 0 Å². The summed E-state index contributed by atoms with van der Waals surface area (Å²) in [6.45, 7) is 0. The van der Waals surface area contributed by atoms with Gasteiger partial charge in [-0.1, -0.05) is 59.6 Å². The molecule has 4 rings (SSSR count). The van der Waals surface area contributed by atoms with Crippen LogP contribution in [0, 0.1) is 11.3 Å². The lowest BCUT2D eigenvalue weighted by atomic mass is 9.73. The number of Topliss-reactive ketones (excluding diaryl/α,β-unsaturated/α-hetero) is 1. The lowest BCUT2D eigenvalue weighted by molar-refractivity contribution is -0.117. The van der Waals surface area contributed by atoms with Crippen molar-refractivity contribution in [1.29, 1.82) is 5.26 Å². The van der Waals surface area contributed by atoms with Gasteiger partial charge in [-0.2, -0.15) is 5.26 Å². The average molecular weight is 411 g/mol. The Bertz CT molecular complexity index is 1070. The maximum atomic E-state index is 13.1. The summed E-state index contributed by atoms with van der Waals surface area (Å²) in [6, 6.07) is 17.0. The molecular formula is C22H16Cl2N2O2. The number of nitrogens with two attached hydrogens (primary N) is 1. The van der Waals surface area contributed by atoms with Crippen molar-refractivity contribution in [3.05, 3.63) is 92.5 Å². The highest BCUT2D eigenvalue weighted by atomic mass is 35.5. The van der Waals surface area contributed by atoms with E-state index < -0.39 is 5.92 Å². The van der Waals surface area contributed by atoms with Crippen molar-refractivity contribution in [2.24, 2.45) is 5.73 Å². The van der Waals surface area contributed by atoms with Gasteiger partial charge in [0.2, 0.25) is 5.88 Å². The fourth-order valence-electron chi connectivity index (χ4n) is 3.89. The minimum atomic E-state index is -0.604. The van der Waals surface area contributed by atoms with Crippen molar-refractivity contribution in [3.63, 3.8) is 0 Å². The van der Waals surface area contributed by atoms with Crippen LogP contribution in [0.1, 0.15) is 35.8 Å². The summed E-state index contributed by atoms with van der Waals surface area (Å²) >= 11 is 12.2. The molecule has 1 aliphatic heterocycles. The highest BCUT2D eigenvalue weighted by Crippen LogP contribution is 2.47. The van der Waals surface area contributed by atoms with Gasteiger partial charge in [0.1, 0.15) is 17.4 Å². The number of benzene rings is 2.